The summed E-state index contributed by atoms with van der Waals surface area (Å²) in [5, 5.41) is 6.28. The van der Waals surface area contributed by atoms with Crippen molar-refractivity contribution in [1.29, 1.82) is 0 Å². The van der Waals surface area contributed by atoms with E-state index in [1.807, 2.05) is 48.5 Å². The number of hydrogen-bond donors (Lipinski definition) is 2. The number of pyridine rings is 2. The molecule has 0 aliphatic rings. The maximum Gasteiger partial charge on any atom is 0.253 e. The second-order valence-electron chi connectivity index (χ2n) is 7.33. The Hall–Kier alpha value is -4.06. The Kier molecular flexibility index (Phi) is 6.82. The van der Waals surface area contributed by atoms with E-state index in [1.165, 1.54) is 6.07 Å². The fraction of sp³-hybridized carbons (Fsp3) is 0.115. The minimum absolute atomic E-state index is 0.186. The van der Waals surface area contributed by atoms with Crippen molar-refractivity contribution in [2.75, 3.05) is 11.9 Å². The van der Waals surface area contributed by atoms with Crippen LogP contribution in [0.3, 0.4) is 0 Å². The van der Waals surface area contributed by atoms with Gasteiger partial charge in [0.15, 0.2) is 0 Å². The van der Waals surface area contributed by atoms with Crippen LogP contribution in [0.2, 0.25) is 0 Å². The van der Waals surface area contributed by atoms with Crippen molar-refractivity contribution in [2.24, 2.45) is 0 Å². The van der Waals surface area contributed by atoms with Crippen LogP contribution in [0.1, 0.15) is 21.5 Å². The van der Waals surface area contributed by atoms with Gasteiger partial charge < -0.3 is 10.6 Å². The first-order valence-corrected chi connectivity index (χ1v) is 10.4. The summed E-state index contributed by atoms with van der Waals surface area (Å²) >= 11 is 0. The summed E-state index contributed by atoms with van der Waals surface area (Å²) in [6.07, 6.45) is 5.70. The van der Waals surface area contributed by atoms with Gasteiger partial charge in [0.05, 0.1) is 11.3 Å². The maximum atomic E-state index is 13.4. The first-order valence-electron chi connectivity index (χ1n) is 10.4. The van der Waals surface area contributed by atoms with E-state index in [-0.39, 0.29) is 11.7 Å². The minimum atomic E-state index is -0.225. The number of aromatic nitrogens is 2. The number of nitrogens with zero attached hydrogens (tertiary/aromatic N) is 2. The summed E-state index contributed by atoms with van der Waals surface area (Å²) in [7, 11) is 0. The SMILES string of the molecule is O=C(NCc1cccnc1)c1ccc(-c2ccccc2NCCc2cccc(F)c2)nc1. The van der Waals surface area contributed by atoms with Crippen LogP contribution < -0.4 is 10.6 Å². The highest BCUT2D eigenvalue weighted by atomic mass is 19.1. The monoisotopic (exact) mass is 426 g/mol. The first-order chi connectivity index (χ1) is 15.7. The van der Waals surface area contributed by atoms with Crippen LogP contribution >= 0.6 is 0 Å². The zero-order valence-corrected chi connectivity index (χ0v) is 17.5. The normalized spacial score (nSPS) is 10.5. The minimum Gasteiger partial charge on any atom is -0.384 e. The Bertz CT molecular complexity index is 1180. The van der Waals surface area contributed by atoms with E-state index in [2.05, 4.69) is 20.6 Å². The van der Waals surface area contributed by atoms with Crippen LogP contribution in [-0.4, -0.2) is 22.4 Å². The topological polar surface area (TPSA) is 66.9 Å². The van der Waals surface area contributed by atoms with Crippen LogP contribution in [0.25, 0.3) is 11.3 Å². The molecule has 6 heteroatoms. The number of para-hydroxylation sites is 1. The molecule has 2 aromatic heterocycles. The van der Waals surface area contributed by atoms with Crippen LogP contribution in [0.4, 0.5) is 10.1 Å². The number of benzene rings is 2. The van der Waals surface area contributed by atoms with E-state index in [0.717, 1.165) is 28.1 Å². The van der Waals surface area contributed by atoms with E-state index in [1.54, 1.807) is 36.8 Å². The summed E-state index contributed by atoms with van der Waals surface area (Å²) in [5.74, 6) is -0.411. The van der Waals surface area contributed by atoms with E-state index >= 15 is 0 Å². The van der Waals surface area contributed by atoms with Gasteiger partial charge in [-0.3, -0.25) is 14.8 Å². The van der Waals surface area contributed by atoms with Crippen molar-refractivity contribution in [3.63, 3.8) is 0 Å². The van der Waals surface area contributed by atoms with Crippen molar-refractivity contribution < 1.29 is 9.18 Å². The van der Waals surface area contributed by atoms with E-state index in [4.69, 9.17) is 0 Å². The molecule has 1 amide bonds. The lowest BCUT2D eigenvalue weighted by Gasteiger charge is -2.12. The molecule has 32 heavy (non-hydrogen) atoms. The molecule has 2 N–H and O–H groups in total. The van der Waals surface area contributed by atoms with E-state index in [9.17, 15) is 9.18 Å². The van der Waals surface area contributed by atoms with Crippen molar-refractivity contribution in [3.05, 3.63) is 114 Å². The third-order valence-corrected chi connectivity index (χ3v) is 5.02. The summed E-state index contributed by atoms with van der Waals surface area (Å²) in [6, 6.07) is 21.8. The van der Waals surface area contributed by atoms with Crippen molar-refractivity contribution in [3.8, 4) is 11.3 Å². The number of rotatable bonds is 8. The molecule has 0 radical (unpaired) electrons. The molecule has 0 aliphatic carbocycles. The maximum absolute atomic E-state index is 13.4. The van der Waals surface area contributed by atoms with Crippen molar-refractivity contribution in [2.45, 2.75) is 13.0 Å². The van der Waals surface area contributed by atoms with Gasteiger partial charge in [0.2, 0.25) is 0 Å². The zero-order chi connectivity index (χ0) is 22.2. The molecule has 0 saturated carbocycles. The molecule has 2 aromatic carbocycles. The number of halogens is 1. The fourth-order valence-electron chi connectivity index (χ4n) is 3.37. The molecule has 0 atom stereocenters. The van der Waals surface area contributed by atoms with E-state index < -0.39 is 0 Å². The standard InChI is InChI=1S/C26H23FN4O/c27-22-7-3-5-19(15-22)12-14-29-24-9-2-1-8-23(24)25-11-10-21(18-30-25)26(32)31-17-20-6-4-13-28-16-20/h1-11,13,15-16,18,29H,12,14,17H2,(H,31,32). The number of hydrogen-bond acceptors (Lipinski definition) is 4. The molecule has 5 nitrogen and oxygen atoms in total. The lowest BCUT2D eigenvalue weighted by molar-refractivity contribution is 0.0950. The predicted octanol–water partition coefficient (Wildman–Crippen LogP) is 4.87. The third-order valence-electron chi connectivity index (χ3n) is 5.02. The Morgan fingerprint density at radius 1 is 0.906 bits per heavy atom. The molecule has 4 rings (SSSR count). The quantitative estimate of drug-likeness (QED) is 0.422. The molecule has 0 aliphatic heterocycles. The number of anilines is 1. The number of nitrogens with one attached hydrogen (secondary N) is 2. The molecular formula is C26H23FN4O. The van der Waals surface area contributed by atoms with Gasteiger partial charge in [-0.25, -0.2) is 4.39 Å². The lowest BCUT2D eigenvalue weighted by Crippen LogP contribution is -2.22. The molecular weight excluding hydrogens is 403 g/mol. The Morgan fingerprint density at radius 3 is 2.56 bits per heavy atom. The molecule has 0 bridgehead atoms. The molecule has 0 spiro atoms. The van der Waals surface area contributed by atoms with Gasteiger partial charge >= 0.3 is 0 Å². The third kappa shape index (κ3) is 5.55. The Morgan fingerprint density at radius 2 is 1.78 bits per heavy atom. The molecule has 2 heterocycles. The second kappa shape index (κ2) is 10.3. The Labute approximate surface area is 186 Å². The molecule has 4 aromatic rings. The second-order valence-corrected chi connectivity index (χ2v) is 7.33. The summed E-state index contributed by atoms with van der Waals surface area (Å²) in [4.78, 5) is 21.0. The van der Waals surface area contributed by atoms with E-state index in [0.29, 0.717) is 25.1 Å². The van der Waals surface area contributed by atoms with Crippen molar-refractivity contribution >= 4 is 11.6 Å². The highest BCUT2D eigenvalue weighted by molar-refractivity contribution is 5.94. The van der Waals surface area contributed by atoms with Gasteiger partial charge in [-0.2, -0.15) is 0 Å². The average molecular weight is 426 g/mol. The van der Waals surface area contributed by atoms with Crippen LogP contribution in [-0.2, 0) is 13.0 Å². The van der Waals surface area contributed by atoms with Gasteiger partial charge in [0.25, 0.3) is 5.91 Å². The van der Waals surface area contributed by atoms with Crippen molar-refractivity contribution in [1.82, 2.24) is 15.3 Å². The molecule has 160 valence electrons. The Balaban J connectivity index is 1.39. The summed E-state index contributed by atoms with van der Waals surface area (Å²) < 4.78 is 13.4. The number of amides is 1. The van der Waals surface area contributed by atoms with Gasteiger partial charge in [0, 0.05) is 42.9 Å². The number of carbonyl (C=O) groups is 1. The summed E-state index contributed by atoms with van der Waals surface area (Å²) in [6.45, 7) is 1.07. The fourth-order valence-corrected chi connectivity index (χ4v) is 3.37. The van der Waals surface area contributed by atoms with Gasteiger partial charge in [0.1, 0.15) is 5.82 Å². The highest BCUT2D eigenvalue weighted by Crippen LogP contribution is 2.26. The first kappa shape index (κ1) is 21.2. The molecule has 0 saturated heterocycles. The van der Waals surface area contributed by atoms with Gasteiger partial charge in [-0.1, -0.05) is 36.4 Å². The molecule has 0 unspecified atom stereocenters. The smallest absolute Gasteiger partial charge is 0.253 e. The largest absolute Gasteiger partial charge is 0.384 e. The van der Waals surface area contributed by atoms with Gasteiger partial charge in [-0.15, -0.1) is 0 Å². The molecule has 0 fully saturated rings. The van der Waals surface area contributed by atoms with Gasteiger partial charge in [-0.05, 0) is 53.9 Å². The highest BCUT2D eigenvalue weighted by Gasteiger charge is 2.09. The zero-order valence-electron chi connectivity index (χ0n) is 17.5. The lowest BCUT2D eigenvalue weighted by atomic mass is 10.1. The summed E-state index contributed by atoms with van der Waals surface area (Å²) in [5.41, 5.74) is 5.01. The number of carbonyl (C=O) groups excluding carboxylic acids is 1. The van der Waals surface area contributed by atoms with Crippen LogP contribution in [0, 0.1) is 5.82 Å². The van der Waals surface area contributed by atoms with Crippen LogP contribution in [0.5, 0.6) is 0 Å². The predicted molar refractivity (Wildman–Crippen MR) is 124 cm³/mol. The van der Waals surface area contributed by atoms with Crippen LogP contribution in [0.15, 0.2) is 91.4 Å². The average Bonchev–Trinajstić information content (AvgIpc) is 2.84.